The molecule has 104 valence electrons. The zero-order valence-corrected chi connectivity index (χ0v) is 12.0. The van der Waals surface area contributed by atoms with E-state index in [4.69, 9.17) is 5.73 Å². The van der Waals surface area contributed by atoms with E-state index in [1.54, 1.807) is 0 Å². The Morgan fingerprint density at radius 1 is 1.26 bits per heavy atom. The maximum Gasteiger partial charge on any atom is 0.177 e. The van der Waals surface area contributed by atoms with Crippen molar-refractivity contribution in [3.63, 3.8) is 0 Å². The van der Waals surface area contributed by atoms with Crippen LogP contribution in [0.15, 0.2) is 30.5 Å². The molecule has 0 aromatic heterocycles. The summed E-state index contributed by atoms with van der Waals surface area (Å²) >= 11 is 0. The lowest BCUT2D eigenvalue weighted by atomic mass is 10.0. The number of nitrogens with zero attached hydrogens (tertiary/aromatic N) is 1. The number of para-hydroxylation sites is 1. The molecule has 0 saturated heterocycles. The van der Waals surface area contributed by atoms with Crippen LogP contribution >= 0.6 is 0 Å². The SMILES string of the molecule is CCCCC[N+]1(O)C=C(C[C@@H](C)N)c2ccccc21. The summed E-state index contributed by atoms with van der Waals surface area (Å²) < 4.78 is -0.0573. The molecular formula is C16H25N2O+. The van der Waals surface area contributed by atoms with Gasteiger partial charge in [-0.15, -0.1) is 4.65 Å². The number of nitrogens with two attached hydrogens (primary N) is 1. The summed E-state index contributed by atoms with van der Waals surface area (Å²) in [6.45, 7) is 4.93. The molecule has 1 heterocycles. The van der Waals surface area contributed by atoms with Gasteiger partial charge in [0.1, 0.15) is 12.7 Å². The Morgan fingerprint density at radius 3 is 2.68 bits per heavy atom. The molecule has 0 bridgehead atoms. The highest BCUT2D eigenvalue weighted by Gasteiger charge is 2.37. The number of hydroxylamine groups is 2. The largest absolute Gasteiger partial charge is 0.328 e. The minimum absolute atomic E-state index is 0.0573. The van der Waals surface area contributed by atoms with Crippen molar-refractivity contribution in [3.8, 4) is 0 Å². The molecule has 1 aromatic carbocycles. The van der Waals surface area contributed by atoms with Gasteiger partial charge in [0.15, 0.2) is 5.69 Å². The average Bonchev–Trinajstić information content (AvgIpc) is 2.63. The maximum absolute atomic E-state index is 10.9. The third kappa shape index (κ3) is 3.06. The van der Waals surface area contributed by atoms with Crippen molar-refractivity contribution < 1.29 is 5.21 Å². The molecule has 1 aliphatic heterocycles. The summed E-state index contributed by atoms with van der Waals surface area (Å²) in [6, 6.07) is 8.23. The fraction of sp³-hybridized carbons (Fsp3) is 0.500. The topological polar surface area (TPSA) is 46.2 Å². The number of quaternary nitrogens is 1. The minimum Gasteiger partial charge on any atom is -0.328 e. The maximum atomic E-state index is 10.9. The van der Waals surface area contributed by atoms with Crippen molar-refractivity contribution in [2.24, 2.45) is 5.73 Å². The Morgan fingerprint density at radius 2 is 2.00 bits per heavy atom. The van der Waals surface area contributed by atoms with Crippen molar-refractivity contribution in [1.29, 1.82) is 0 Å². The van der Waals surface area contributed by atoms with Crippen LogP contribution in [-0.4, -0.2) is 17.8 Å². The van der Waals surface area contributed by atoms with E-state index in [2.05, 4.69) is 13.0 Å². The normalized spacial score (nSPS) is 23.1. The van der Waals surface area contributed by atoms with Gasteiger partial charge in [0.2, 0.25) is 0 Å². The van der Waals surface area contributed by atoms with Crippen LogP contribution in [-0.2, 0) is 0 Å². The van der Waals surface area contributed by atoms with Gasteiger partial charge < -0.3 is 5.73 Å². The fourth-order valence-corrected chi connectivity index (χ4v) is 2.78. The number of unbranched alkanes of at least 4 members (excludes halogenated alkanes) is 2. The van der Waals surface area contributed by atoms with Gasteiger partial charge in [0.05, 0.1) is 0 Å². The molecule has 0 radical (unpaired) electrons. The van der Waals surface area contributed by atoms with Crippen LogP contribution in [0.3, 0.4) is 0 Å². The summed E-state index contributed by atoms with van der Waals surface area (Å²) in [5.74, 6) is 0. The lowest BCUT2D eigenvalue weighted by Crippen LogP contribution is -2.39. The third-order valence-electron chi connectivity index (χ3n) is 3.68. The number of rotatable bonds is 6. The summed E-state index contributed by atoms with van der Waals surface area (Å²) in [7, 11) is 0. The number of fused-ring (bicyclic) bond motifs is 1. The Hall–Kier alpha value is -1.16. The van der Waals surface area contributed by atoms with Gasteiger partial charge in [-0.25, -0.2) is 5.21 Å². The standard InChI is InChI=1S/C16H25N2O/c1-3-4-7-10-18(19)12-14(11-13(2)17)15-8-5-6-9-16(15)18/h5-6,8-9,12-13,19H,3-4,7,10-11,17H2,1-2H3/q+1/t13-,18?/m1/s1. The Labute approximate surface area is 115 Å². The first-order valence-corrected chi connectivity index (χ1v) is 7.24. The molecule has 3 N–H and O–H groups in total. The van der Waals surface area contributed by atoms with Gasteiger partial charge in [0, 0.05) is 29.7 Å². The Balaban J connectivity index is 2.27. The molecule has 0 saturated carbocycles. The van der Waals surface area contributed by atoms with Crippen molar-refractivity contribution in [1.82, 2.24) is 4.65 Å². The molecule has 19 heavy (non-hydrogen) atoms. The second kappa shape index (κ2) is 5.87. The van der Waals surface area contributed by atoms with E-state index >= 15 is 0 Å². The zero-order valence-electron chi connectivity index (χ0n) is 12.0. The molecule has 3 nitrogen and oxygen atoms in total. The van der Waals surface area contributed by atoms with E-state index in [1.807, 2.05) is 31.3 Å². The Kier molecular flexibility index (Phi) is 4.40. The monoisotopic (exact) mass is 261 g/mol. The molecule has 0 fully saturated rings. The van der Waals surface area contributed by atoms with Crippen LogP contribution < -0.4 is 10.4 Å². The molecule has 0 spiro atoms. The van der Waals surface area contributed by atoms with Crippen LogP contribution in [0.4, 0.5) is 5.69 Å². The minimum atomic E-state index is -0.0573. The van der Waals surface area contributed by atoms with Crippen LogP contribution in [0.2, 0.25) is 0 Å². The number of hydrogen-bond acceptors (Lipinski definition) is 2. The summed E-state index contributed by atoms with van der Waals surface area (Å²) in [5.41, 5.74) is 9.23. The highest BCUT2D eigenvalue weighted by molar-refractivity contribution is 5.81. The van der Waals surface area contributed by atoms with Gasteiger partial charge in [-0.05, 0) is 25.8 Å². The van der Waals surface area contributed by atoms with Crippen LogP contribution in [0.25, 0.3) is 5.57 Å². The lowest BCUT2D eigenvalue weighted by molar-refractivity contribution is -0.0297. The Bertz CT molecular complexity index is 468. The molecule has 1 unspecified atom stereocenters. The lowest BCUT2D eigenvalue weighted by Gasteiger charge is -2.22. The van der Waals surface area contributed by atoms with Gasteiger partial charge >= 0.3 is 0 Å². The first kappa shape index (κ1) is 14.3. The van der Waals surface area contributed by atoms with Gasteiger partial charge in [-0.3, -0.25) is 0 Å². The molecule has 2 rings (SSSR count). The van der Waals surface area contributed by atoms with Crippen LogP contribution in [0.5, 0.6) is 0 Å². The van der Waals surface area contributed by atoms with Crippen molar-refractivity contribution >= 4 is 11.3 Å². The molecule has 0 aliphatic carbocycles. The zero-order chi connectivity index (χ0) is 13.9. The quantitative estimate of drug-likeness (QED) is 0.606. The van der Waals surface area contributed by atoms with Crippen LogP contribution in [0, 0.1) is 0 Å². The van der Waals surface area contributed by atoms with Gasteiger partial charge in [-0.1, -0.05) is 25.5 Å². The predicted molar refractivity (Wildman–Crippen MR) is 80.7 cm³/mol. The number of hydrogen-bond donors (Lipinski definition) is 2. The van der Waals surface area contributed by atoms with Crippen molar-refractivity contribution in [2.75, 3.05) is 6.54 Å². The molecule has 1 aliphatic rings. The van der Waals surface area contributed by atoms with Gasteiger partial charge in [-0.2, -0.15) is 0 Å². The molecule has 1 aromatic rings. The summed E-state index contributed by atoms with van der Waals surface area (Å²) in [6.07, 6.45) is 6.13. The highest BCUT2D eigenvalue weighted by Crippen LogP contribution is 2.40. The number of benzene rings is 1. The van der Waals surface area contributed by atoms with E-state index in [1.165, 1.54) is 5.57 Å². The fourth-order valence-electron chi connectivity index (χ4n) is 2.78. The van der Waals surface area contributed by atoms with Crippen LogP contribution in [0.1, 0.15) is 45.1 Å². The first-order chi connectivity index (χ1) is 9.07. The summed E-state index contributed by atoms with van der Waals surface area (Å²) in [4.78, 5) is 0. The van der Waals surface area contributed by atoms with E-state index in [0.29, 0.717) is 0 Å². The first-order valence-electron chi connectivity index (χ1n) is 7.24. The highest BCUT2D eigenvalue weighted by atomic mass is 16.5. The second-order valence-corrected chi connectivity index (χ2v) is 5.61. The smallest absolute Gasteiger partial charge is 0.177 e. The molecule has 2 atom stereocenters. The average molecular weight is 261 g/mol. The third-order valence-corrected chi connectivity index (χ3v) is 3.68. The van der Waals surface area contributed by atoms with E-state index in [0.717, 1.165) is 43.5 Å². The molecular weight excluding hydrogens is 236 g/mol. The van der Waals surface area contributed by atoms with Gasteiger partial charge in [0.25, 0.3) is 0 Å². The van der Waals surface area contributed by atoms with E-state index < -0.39 is 0 Å². The van der Waals surface area contributed by atoms with Crippen molar-refractivity contribution in [3.05, 3.63) is 36.0 Å². The summed E-state index contributed by atoms with van der Waals surface area (Å²) in [5, 5.41) is 10.9. The molecule has 3 heteroatoms. The molecule has 0 amide bonds. The van der Waals surface area contributed by atoms with Crippen molar-refractivity contribution in [2.45, 2.75) is 45.6 Å². The van der Waals surface area contributed by atoms with E-state index in [-0.39, 0.29) is 10.7 Å². The predicted octanol–water partition coefficient (Wildman–Crippen LogP) is 3.67. The second-order valence-electron chi connectivity index (χ2n) is 5.61. The van der Waals surface area contributed by atoms with E-state index in [9.17, 15) is 5.21 Å².